The van der Waals surface area contributed by atoms with Gasteiger partial charge in [0.25, 0.3) is 5.24 Å². The summed E-state index contributed by atoms with van der Waals surface area (Å²) in [6.07, 6.45) is 0. The van der Waals surface area contributed by atoms with Gasteiger partial charge in [-0.05, 0) is 30.7 Å². The molecule has 0 radical (unpaired) electrons. The van der Waals surface area contributed by atoms with Crippen LogP contribution in [0.3, 0.4) is 0 Å². The smallest absolute Gasteiger partial charge is 0.324 e. The third-order valence-electron chi connectivity index (χ3n) is 2.88. The molecular formula is C20H21ClN2NaO+. The molecular weight excluding hydrogens is 343 g/mol. The summed E-state index contributed by atoms with van der Waals surface area (Å²) in [5.41, 5.74) is 5.33. The molecule has 0 heterocycles. The van der Waals surface area contributed by atoms with E-state index >= 15 is 0 Å². The van der Waals surface area contributed by atoms with Crippen LogP contribution in [-0.2, 0) is 0 Å². The van der Waals surface area contributed by atoms with Crippen LogP contribution in [-0.4, -0.2) is 5.24 Å². The summed E-state index contributed by atoms with van der Waals surface area (Å²) in [6.45, 7) is 2.08. The summed E-state index contributed by atoms with van der Waals surface area (Å²) < 4.78 is 0. The number of nitrogens with two attached hydrogens (primary N) is 1. The number of hydrogen-bond acceptors (Lipinski definition) is 3. The zero-order chi connectivity index (χ0) is 17.6. The van der Waals surface area contributed by atoms with E-state index in [2.05, 4.69) is 24.5 Å². The van der Waals surface area contributed by atoms with Gasteiger partial charge in [0.1, 0.15) is 0 Å². The molecule has 0 aromatic heterocycles. The maximum absolute atomic E-state index is 10.4. The number of carbonyl (C=O) groups is 1. The maximum Gasteiger partial charge on any atom is 1.00 e. The van der Waals surface area contributed by atoms with E-state index in [1.165, 1.54) is 5.56 Å². The maximum atomic E-state index is 10.4. The second-order valence-electron chi connectivity index (χ2n) is 4.80. The minimum Gasteiger partial charge on any atom is -0.324 e. The average molecular weight is 364 g/mol. The van der Waals surface area contributed by atoms with Gasteiger partial charge in [-0.1, -0.05) is 84.4 Å². The van der Waals surface area contributed by atoms with Gasteiger partial charge in [0, 0.05) is 11.3 Å². The largest absolute Gasteiger partial charge is 1.00 e. The summed E-state index contributed by atoms with van der Waals surface area (Å²) in [5.74, 6) is 5.10. The van der Waals surface area contributed by atoms with Gasteiger partial charge < -0.3 is 5.43 Å². The van der Waals surface area contributed by atoms with Crippen molar-refractivity contribution >= 4 is 22.5 Å². The Morgan fingerprint density at radius 2 is 1.20 bits per heavy atom. The Morgan fingerprint density at radius 1 is 0.800 bits per heavy atom. The van der Waals surface area contributed by atoms with Crippen LogP contribution >= 0.6 is 11.6 Å². The number of para-hydroxylation sites is 1. The molecule has 0 atom stereocenters. The minimum absolute atomic E-state index is 0. The molecule has 3 aromatic carbocycles. The third kappa shape index (κ3) is 11.5. The Balaban J connectivity index is 0.000000341. The molecule has 0 saturated heterocycles. The standard InChI is InChI=1S/C7H5ClO.C7H8.C6H8N2.Na/c8-7(9)6-4-2-1-3-5-6;1-7-5-3-2-4-6-7;7-8-6-4-2-1-3-5-6;/h1-5H;2-6H,1H3;1-5,8H,7H2;/q;;;+1. The zero-order valence-electron chi connectivity index (χ0n) is 14.5. The van der Waals surface area contributed by atoms with Gasteiger partial charge in [0.15, 0.2) is 0 Å². The average Bonchev–Trinajstić information content (AvgIpc) is 2.65. The molecule has 3 rings (SSSR count). The molecule has 0 unspecified atom stereocenters. The van der Waals surface area contributed by atoms with Crippen molar-refractivity contribution < 1.29 is 34.4 Å². The number of nitrogens with one attached hydrogen (secondary N) is 1. The van der Waals surface area contributed by atoms with Crippen molar-refractivity contribution in [2.45, 2.75) is 6.92 Å². The van der Waals surface area contributed by atoms with Crippen LogP contribution < -0.4 is 40.8 Å². The number of nitrogen functional groups attached to an aromatic ring is 1. The topological polar surface area (TPSA) is 55.1 Å². The quantitative estimate of drug-likeness (QED) is 0.317. The van der Waals surface area contributed by atoms with E-state index in [0.717, 1.165) is 5.69 Å². The van der Waals surface area contributed by atoms with Crippen LogP contribution in [0.25, 0.3) is 0 Å². The van der Waals surface area contributed by atoms with Crippen molar-refractivity contribution in [2.75, 3.05) is 5.43 Å². The number of benzene rings is 3. The zero-order valence-corrected chi connectivity index (χ0v) is 17.3. The van der Waals surface area contributed by atoms with Gasteiger partial charge in [-0.15, -0.1) is 0 Å². The van der Waals surface area contributed by atoms with Crippen LogP contribution in [0.15, 0.2) is 91.0 Å². The predicted octanol–water partition coefficient (Wildman–Crippen LogP) is 2.04. The van der Waals surface area contributed by atoms with E-state index in [-0.39, 0.29) is 29.6 Å². The van der Waals surface area contributed by atoms with Gasteiger partial charge in [-0.2, -0.15) is 0 Å². The first-order chi connectivity index (χ1) is 11.6. The molecule has 0 aliphatic carbocycles. The first-order valence-electron chi connectivity index (χ1n) is 7.41. The number of halogens is 1. The molecule has 3 nitrogen and oxygen atoms in total. The molecule has 25 heavy (non-hydrogen) atoms. The van der Waals surface area contributed by atoms with E-state index in [1.54, 1.807) is 24.3 Å². The normalized spacial score (nSPS) is 8.44. The summed E-state index contributed by atoms with van der Waals surface area (Å²) in [7, 11) is 0. The van der Waals surface area contributed by atoms with Crippen LogP contribution in [0.5, 0.6) is 0 Å². The first kappa shape index (κ1) is 23.4. The minimum atomic E-state index is -0.407. The third-order valence-corrected chi connectivity index (χ3v) is 3.10. The van der Waals surface area contributed by atoms with Crippen LogP contribution in [0, 0.1) is 6.92 Å². The van der Waals surface area contributed by atoms with Crippen LogP contribution in [0.2, 0.25) is 0 Å². The fourth-order valence-corrected chi connectivity index (χ4v) is 1.76. The van der Waals surface area contributed by atoms with Crippen molar-refractivity contribution in [3.8, 4) is 0 Å². The molecule has 0 amide bonds. The number of rotatable bonds is 2. The number of carbonyl (C=O) groups excluding carboxylic acids is 1. The summed E-state index contributed by atoms with van der Waals surface area (Å²) in [5, 5.41) is -0.407. The molecule has 5 heteroatoms. The van der Waals surface area contributed by atoms with Crippen molar-refractivity contribution in [3.63, 3.8) is 0 Å². The van der Waals surface area contributed by atoms with E-state index in [1.807, 2.05) is 54.6 Å². The van der Waals surface area contributed by atoms with Crippen LogP contribution in [0.4, 0.5) is 5.69 Å². The molecule has 0 bridgehead atoms. The summed E-state index contributed by atoms with van der Waals surface area (Å²) >= 11 is 5.16. The van der Waals surface area contributed by atoms with Gasteiger partial charge >= 0.3 is 29.6 Å². The molecule has 3 N–H and O–H groups in total. The second kappa shape index (κ2) is 14.7. The van der Waals surface area contributed by atoms with Crippen molar-refractivity contribution in [1.29, 1.82) is 0 Å². The molecule has 0 fully saturated rings. The first-order valence-corrected chi connectivity index (χ1v) is 7.79. The van der Waals surface area contributed by atoms with Gasteiger partial charge in [-0.3, -0.25) is 10.6 Å². The number of hydrogen-bond donors (Lipinski definition) is 2. The van der Waals surface area contributed by atoms with Gasteiger partial charge in [0.05, 0.1) is 0 Å². The van der Waals surface area contributed by atoms with E-state index in [4.69, 9.17) is 17.4 Å². The number of hydrazine groups is 1. The number of anilines is 1. The monoisotopic (exact) mass is 363 g/mol. The Kier molecular flexibility index (Phi) is 13.7. The fourth-order valence-electron chi connectivity index (χ4n) is 1.64. The van der Waals surface area contributed by atoms with E-state index in [9.17, 15) is 4.79 Å². The van der Waals surface area contributed by atoms with Crippen LogP contribution in [0.1, 0.15) is 15.9 Å². The Morgan fingerprint density at radius 3 is 1.44 bits per heavy atom. The number of aryl methyl sites for hydroxylation is 1. The molecule has 0 saturated carbocycles. The van der Waals surface area contributed by atoms with E-state index in [0.29, 0.717) is 5.56 Å². The summed E-state index contributed by atoms with van der Waals surface area (Å²) in [6, 6.07) is 28.6. The van der Waals surface area contributed by atoms with E-state index < -0.39 is 5.24 Å². The fraction of sp³-hybridized carbons (Fsp3) is 0.0500. The predicted molar refractivity (Wildman–Crippen MR) is 102 cm³/mol. The molecule has 0 aliphatic rings. The van der Waals surface area contributed by atoms with Crippen molar-refractivity contribution in [3.05, 3.63) is 102 Å². The van der Waals surface area contributed by atoms with Crippen molar-refractivity contribution in [1.82, 2.24) is 0 Å². The van der Waals surface area contributed by atoms with Gasteiger partial charge in [-0.25, -0.2) is 0 Å². The Hall–Kier alpha value is -1.62. The SMILES string of the molecule is Cc1ccccc1.NNc1ccccc1.O=C(Cl)c1ccccc1.[Na+]. The van der Waals surface area contributed by atoms with Crippen molar-refractivity contribution in [2.24, 2.45) is 5.84 Å². The Bertz CT molecular complexity index is 695. The molecule has 0 spiro atoms. The summed E-state index contributed by atoms with van der Waals surface area (Å²) in [4.78, 5) is 10.4. The molecule has 3 aromatic rings. The second-order valence-corrected chi connectivity index (χ2v) is 5.15. The Labute approximate surface area is 176 Å². The van der Waals surface area contributed by atoms with Gasteiger partial charge in [0.2, 0.25) is 0 Å². The molecule has 124 valence electrons. The molecule has 0 aliphatic heterocycles.